The van der Waals surface area contributed by atoms with Crippen molar-refractivity contribution in [2.75, 3.05) is 0 Å². The van der Waals surface area contributed by atoms with Gasteiger partial charge in [-0.1, -0.05) is 127 Å². The Morgan fingerprint density at radius 2 is 1.16 bits per heavy atom. The van der Waals surface area contributed by atoms with Crippen molar-refractivity contribution in [2.45, 2.75) is 135 Å². The fourth-order valence-corrected chi connectivity index (χ4v) is 8.34. The second kappa shape index (κ2) is 16.8. The van der Waals surface area contributed by atoms with E-state index in [0.29, 0.717) is 23.5 Å². The minimum absolute atomic E-state index is 0.119. The first kappa shape index (κ1) is 33.8. The highest BCUT2D eigenvalue weighted by molar-refractivity contribution is 5.71. The molecule has 2 aliphatic rings. The van der Waals surface area contributed by atoms with Crippen LogP contribution in [0.1, 0.15) is 140 Å². The zero-order chi connectivity index (χ0) is 31.6. The summed E-state index contributed by atoms with van der Waals surface area (Å²) in [5.41, 5.74) is 3.90. The highest BCUT2D eigenvalue weighted by Crippen LogP contribution is 2.45. The molecule has 0 heterocycles. The van der Waals surface area contributed by atoms with Crippen LogP contribution in [0.5, 0.6) is 0 Å². The Morgan fingerprint density at radius 3 is 1.82 bits per heavy atom. The van der Waals surface area contributed by atoms with E-state index in [9.17, 15) is 4.39 Å². The van der Waals surface area contributed by atoms with Crippen LogP contribution in [0, 0.1) is 35.2 Å². The maximum absolute atomic E-state index is 15.5. The molecule has 3 aromatic carbocycles. The summed E-state index contributed by atoms with van der Waals surface area (Å²) in [6.07, 6.45) is 21.8. The van der Waals surface area contributed by atoms with Gasteiger partial charge in [-0.2, -0.15) is 0 Å². The van der Waals surface area contributed by atoms with E-state index >= 15 is 8.78 Å². The van der Waals surface area contributed by atoms with Gasteiger partial charge >= 0.3 is 0 Å². The number of unbranched alkanes of at least 4 members (excludes halogenated alkanes) is 6. The van der Waals surface area contributed by atoms with Crippen LogP contribution in [0.4, 0.5) is 13.2 Å². The van der Waals surface area contributed by atoms with Crippen LogP contribution in [0.3, 0.4) is 0 Å². The van der Waals surface area contributed by atoms with Crippen molar-refractivity contribution in [1.29, 1.82) is 0 Å². The van der Waals surface area contributed by atoms with Gasteiger partial charge in [-0.25, -0.2) is 13.2 Å². The van der Waals surface area contributed by atoms with Crippen LogP contribution in [0.15, 0.2) is 54.6 Å². The van der Waals surface area contributed by atoms with Gasteiger partial charge in [0.2, 0.25) is 0 Å². The minimum atomic E-state index is -0.783. The molecule has 0 amide bonds. The van der Waals surface area contributed by atoms with Gasteiger partial charge in [-0.3, -0.25) is 0 Å². The highest BCUT2D eigenvalue weighted by atomic mass is 19.2. The molecule has 2 fully saturated rings. The van der Waals surface area contributed by atoms with Gasteiger partial charge in [0, 0.05) is 5.56 Å². The molecular formula is C42H55F3. The Bertz CT molecular complexity index is 1330. The van der Waals surface area contributed by atoms with E-state index in [1.54, 1.807) is 18.2 Å². The number of rotatable bonds is 14. The number of aryl methyl sites for hydroxylation is 1. The largest absolute Gasteiger partial charge is 0.207 e. The first-order chi connectivity index (χ1) is 22.0. The average molecular weight is 617 g/mol. The third-order valence-corrected chi connectivity index (χ3v) is 11.2. The van der Waals surface area contributed by atoms with Crippen LogP contribution in [0.25, 0.3) is 22.3 Å². The first-order valence-electron chi connectivity index (χ1n) is 18.4. The van der Waals surface area contributed by atoms with E-state index < -0.39 is 11.6 Å². The van der Waals surface area contributed by atoms with Crippen LogP contribution < -0.4 is 0 Å². The van der Waals surface area contributed by atoms with Crippen molar-refractivity contribution in [2.24, 2.45) is 17.8 Å². The highest BCUT2D eigenvalue weighted by Gasteiger charge is 2.32. The molecule has 0 spiro atoms. The summed E-state index contributed by atoms with van der Waals surface area (Å²) in [4.78, 5) is 0. The summed E-state index contributed by atoms with van der Waals surface area (Å²) in [6, 6.07) is 16.5. The Labute approximate surface area is 271 Å². The second-order valence-corrected chi connectivity index (χ2v) is 14.3. The molecule has 0 aliphatic heterocycles. The Balaban J connectivity index is 1.15. The third-order valence-electron chi connectivity index (χ3n) is 11.2. The maximum atomic E-state index is 15.5. The molecule has 0 unspecified atom stereocenters. The molecule has 0 nitrogen and oxygen atoms in total. The van der Waals surface area contributed by atoms with Crippen molar-refractivity contribution in [3.63, 3.8) is 0 Å². The fraction of sp³-hybridized carbons (Fsp3) is 0.571. The van der Waals surface area contributed by atoms with Crippen molar-refractivity contribution >= 4 is 0 Å². The molecule has 3 aromatic rings. The van der Waals surface area contributed by atoms with E-state index in [0.717, 1.165) is 73.0 Å². The molecule has 244 valence electrons. The van der Waals surface area contributed by atoms with Gasteiger partial charge in [0.1, 0.15) is 5.82 Å². The van der Waals surface area contributed by atoms with Gasteiger partial charge in [0.05, 0.1) is 0 Å². The van der Waals surface area contributed by atoms with E-state index in [1.165, 1.54) is 70.6 Å². The summed E-state index contributed by atoms with van der Waals surface area (Å²) >= 11 is 0. The lowest BCUT2D eigenvalue weighted by molar-refractivity contribution is 0.155. The number of hydrogen-bond donors (Lipinski definition) is 0. The molecule has 0 bridgehead atoms. The maximum Gasteiger partial charge on any atom is 0.166 e. The Hall–Kier alpha value is -2.55. The van der Waals surface area contributed by atoms with Gasteiger partial charge in [0.25, 0.3) is 0 Å². The van der Waals surface area contributed by atoms with Crippen LogP contribution in [-0.4, -0.2) is 0 Å². The normalized spacial score (nSPS) is 22.1. The quantitative estimate of drug-likeness (QED) is 0.158. The standard InChI is InChI=1S/C42H55F3/c1-3-5-7-8-10-12-36-25-28-39(42(45)41(36)44)35-23-19-33(20-24-35)37-26-27-38(40(43)29-37)34-21-17-32(18-22-34)31-15-13-30(14-16-31)11-9-6-4-2/h19-20,23-32,34H,3-18,21-22H2,1-2H3. The number of halogens is 3. The van der Waals surface area contributed by atoms with Crippen LogP contribution in [0.2, 0.25) is 0 Å². The number of benzene rings is 3. The molecule has 2 saturated carbocycles. The molecule has 5 rings (SSSR count). The lowest BCUT2D eigenvalue weighted by Gasteiger charge is -2.38. The van der Waals surface area contributed by atoms with Crippen molar-refractivity contribution in [1.82, 2.24) is 0 Å². The Morgan fingerprint density at radius 1 is 0.556 bits per heavy atom. The molecule has 45 heavy (non-hydrogen) atoms. The SMILES string of the molecule is CCCCCCCc1ccc(-c2ccc(-c3ccc(C4CCC(C5CCC(CCCCC)CC5)CC4)c(F)c3)cc2)c(F)c1F. The predicted molar refractivity (Wildman–Crippen MR) is 184 cm³/mol. The molecule has 0 saturated heterocycles. The fourth-order valence-electron chi connectivity index (χ4n) is 8.34. The van der Waals surface area contributed by atoms with E-state index in [1.807, 2.05) is 36.4 Å². The summed E-state index contributed by atoms with van der Waals surface area (Å²) < 4.78 is 45.4. The molecule has 3 heteroatoms. The van der Waals surface area contributed by atoms with Crippen molar-refractivity contribution < 1.29 is 13.2 Å². The molecule has 0 aromatic heterocycles. The topological polar surface area (TPSA) is 0 Å². The van der Waals surface area contributed by atoms with Crippen molar-refractivity contribution in [3.8, 4) is 22.3 Å². The van der Waals surface area contributed by atoms with Gasteiger partial charge in [-0.05, 0) is 109 Å². The average Bonchev–Trinajstić information content (AvgIpc) is 3.07. The van der Waals surface area contributed by atoms with Gasteiger partial charge < -0.3 is 0 Å². The van der Waals surface area contributed by atoms with Gasteiger partial charge in [0.15, 0.2) is 11.6 Å². The second-order valence-electron chi connectivity index (χ2n) is 14.3. The molecular weight excluding hydrogens is 561 g/mol. The number of hydrogen-bond acceptors (Lipinski definition) is 0. The van der Waals surface area contributed by atoms with Crippen LogP contribution in [-0.2, 0) is 6.42 Å². The zero-order valence-electron chi connectivity index (χ0n) is 27.9. The van der Waals surface area contributed by atoms with Crippen molar-refractivity contribution in [3.05, 3.63) is 83.2 Å². The summed E-state index contributed by atoms with van der Waals surface area (Å²) in [5, 5.41) is 0. The van der Waals surface area contributed by atoms with Crippen LogP contribution >= 0.6 is 0 Å². The van der Waals surface area contributed by atoms with E-state index in [2.05, 4.69) is 13.8 Å². The predicted octanol–water partition coefficient (Wildman–Crippen LogP) is 13.6. The first-order valence-corrected chi connectivity index (χ1v) is 18.4. The van der Waals surface area contributed by atoms with E-state index in [-0.39, 0.29) is 11.4 Å². The third kappa shape index (κ3) is 8.83. The monoisotopic (exact) mass is 616 g/mol. The summed E-state index contributed by atoms with van der Waals surface area (Å²) in [7, 11) is 0. The molecule has 0 radical (unpaired) electrons. The lowest BCUT2D eigenvalue weighted by atomic mass is 9.68. The summed E-state index contributed by atoms with van der Waals surface area (Å²) in [6.45, 7) is 4.46. The smallest absolute Gasteiger partial charge is 0.166 e. The lowest BCUT2D eigenvalue weighted by Crippen LogP contribution is -2.25. The summed E-state index contributed by atoms with van der Waals surface area (Å²) in [5.74, 6) is 1.33. The Kier molecular flexibility index (Phi) is 12.7. The minimum Gasteiger partial charge on any atom is -0.207 e. The van der Waals surface area contributed by atoms with Gasteiger partial charge in [-0.15, -0.1) is 0 Å². The molecule has 0 N–H and O–H groups in total. The molecule has 2 aliphatic carbocycles. The van der Waals surface area contributed by atoms with E-state index in [4.69, 9.17) is 0 Å². The zero-order valence-corrected chi connectivity index (χ0v) is 27.9. The molecule has 0 atom stereocenters.